The molecule has 35 heavy (non-hydrogen) atoms. The normalized spacial score (nSPS) is 10.4. The van der Waals surface area contributed by atoms with Crippen LogP contribution in [-0.4, -0.2) is 0 Å². The summed E-state index contributed by atoms with van der Waals surface area (Å²) >= 11 is 0. The molecule has 0 N–H and O–H groups in total. The van der Waals surface area contributed by atoms with Crippen molar-refractivity contribution in [3.8, 4) is 22.3 Å². The average Bonchev–Trinajstić information content (AvgIpc) is 2.87. The topological polar surface area (TPSA) is 0 Å². The Balaban J connectivity index is 0.000000172. The van der Waals surface area contributed by atoms with E-state index in [1.54, 1.807) is 0 Å². The molecule has 0 aliphatic heterocycles. The summed E-state index contributed by atoms with van der Waals surface area (Å²) in [5, 5.41) is 0. The molecular weight excluding hydrogens is 420 g/mol. The molecule has 0 unspecified atom stereocenters. The van der Waals surface area contributed by atoms with Gasteiger partial charge in [-0.15, -0.1) is 0 Å². The van der Waals surface area contributed by atoms with Crippen LogP contribution in [0.15, 0.2) is 121 Å². The summed E-state index contributed by atoms with van der Waals surface area (Å²) in [6.45, 7) is 8.55. The summed E-state index contributed by atoms with van der Waals surface area (Å²) in [6, 6.07) is 43.4. The van der Waals surface area contributed by atoms with Gasteiger partial charge < -0.3 is 0 Å². The predicted molar refractivity (Wildman–Crippen MR) is 152 cm³/mol. The summed E-state index contributed by atoms with van der Waals surface area (Å²) in [6.07, 6.45) is 1.04. The Hall–Kier alpha value is -3.90. The summed E-state index contributed by atoms with van der Waals surface area (Å²) < 4.78 is 0. The zero-order valence-corrected chi connectivity index (χ0v) is 21.3. The van der Waals surface area contributed by atoms with E-state index in [0.717, 1.165) is 6.42 Å². The van der Waals surface area contributed by atoms with Crippen LogP contribution in [-0.2, 0) is 6.42 Å². The predicted octanol–water partition coefficient (Wildman–Crippen LogP) is 9.53. The molecule has 0 amide bonds. The van der Waals surface area contributed by atoms with Gasteiger partial charge in [-0.05, 0) is 73.1 Å². The van der Waals surface area contributed by atoms with Crippen molar-refractivity contribution in [3.63, 3.8) is 0 Å². The van der Waals surface area contributed by atoms with E-state index in [-0.39, 0.29) is 0 Å². The Morgan fingerprint density at radius 3 is 1.46 bits per heavy atom. The maximum Gasteiger partial charge on any atom is -0.00231 e. The van der Waals surface area contributed by atoms with Crippen molar-refractivity contribution in [1.82, 2.24) is 0 Å². The third kappa shape index (κ3) is 6.58. The number of benzene rings is 5. The molecule has 5 aromatic carbocycles. The van der Waals surface area contributed by atoms with E-state index in [1.807, 2.05) is 0 Å². The van der Waals surface area contributed by atoms with Crippen LogP contribution in [0.2, 0.25) is 0 Å². The number of hydrogen-bond donors (Lipinski definition) is 0. The lowest BCUT2D eigenvalue weighted by atomic mass is 9.94. The second kappa shape index (κ2) is 11.5. The molecule has 5 rings (SSSR count). The van der Waals surface area contributed by atoms with Gasteiger partial charge in [0.15, 0.2) is 0 Å². The molecule has 0 bridgehead atoms. The van der Waals surface area contributed by atoms with E-state index < -0.39 is 0 Å². The molecule has 0 radical (unpaired) electrons. The maximum atomic E-state index is 2.26. The van der Waals surface area contributed by atoms with Crippen molar-refractivity contribution in [3.05, 3.63) is 155 Å². The van der Waals surface area contributed by atoms with Gasteiger partial charge in [0.2, 0.25) is 0 Å². The van der Waals surface area contributed by atoms with Gasteiger partial charge in [-0.1, -0.05) is 138 Å². The maximum absolute atomic E-state index is 2.26. The lowest BCUT2D eigenvalue weighted by molar-refractivity contribution is 1.15. The highest BCUT2D eigenvalue weighted by atomic mass is 14.1. The van der Waals surface area contributed by atoms with Gasteiger partial charge in [0.05, 0.1) is 0 Å². The van der Waals surface area contributed by atoms with E-state index in [9.17, 15) is 0 Å². The summed E-state index contributed by atoms with van der Waals surface area (Å²) in [4.78, 5) is 0. The number of aryl methyl sites for hydroxylation is 4. The van der Waals surface area contributed by atoms with Crippen molar-refractivity contribution in [2.75, 3.05) is 0 Å². The van der Waals surface area contributed by atoms with E-state index in [0.29, 0.717) is 0 Å². The molecule has 5 aromatic rings. The Bertz CT molecular complexity index is 1310. The average molecular weight is 455 g/mol. The van der Waals surface area contributed by atoms with E-state index in [2.05, 4.69) is 149 Å². The molecule has 174 valence electrons. The zero-order valence-electron chi connectivity index (χ0n) is 21.3. The SMILES string of the molecule is Cc1ccc(-c2ccccc2-c2ccc(C)cc2)cc1.Cc1cccc(Cc2ccccc2C)c1. The molecule has 0 aliphatic rings. The monoisotopic (exact) mass is 454 g/mol. The van der Waals surface area contributed by atoms with Crippen molar-refractivity contribution in [1.29, 1.82) is 0 Å². The molecule has 0 spiro atoms. The highest BCUT2D eigenvalue weighted by Crippen LogP contribution is 2.32. The third-order valence-electron chi connectivity index (χ3n) is 6.39. The summed E-state index contributed by atoms with van der Waals surface area (Å²) in [5.41, 5.74) is 13.2. The molecule has 0 nitrogen and oxygen atoms in total. The summed E-state index contributed by atoms with van der Waals surface area (Å²) in [7, 11) is 0. The lowest BCUT2D eigenvalue weighted by Crippen LogP contribution is -1.91. The fourth-order valence-electron chi connectivity index (χ4n) is 4.30. The van der Waals surface area contributed by atoms with Gasteiger partial charge in [-0.2, -0.15) is 0 Å². The van der Waals surface area contributed by atoms with Crippen LogP contribution in [0.4, 0.5) is 0 Å². The molecular formula is C35H34. The van der Waals surface area contributed by atoms with Gasteiger partial charge in [0.25, 0.3) is 0 Å². The number of hydrogen-bond acceptors (Lipinski definition) is 0. The quantitative estimate of drug-likeness (QED) is 0.254. The molecule has 0 aromatic heterocycles. The lowest BCUT2D eigenvalue weighted by Gasteiger charge is -2.10. The van der Waals surface area contributed by atoms with Crippen LogP contribution in [0.3, 0.4) is 0 Å². The first-order chi connectivity index (χ1) is 17.0. The van der Waals surface area contributed by atoms with Crippen LogP contribution in [0.25, 0.3) is 22.3 Å². The first kappa shape index (κ1) is 24.2. The fraction of sp³-hybridized carbons (Fsp3) is 0.143. The molecule has 0 heteroatoms. The van der Waals surface area contributed by atoms with Crippen molar-refractivity contribution >= 4 is 0 Å². The van der Waals surface area contributed by atoms with Gasteiger partial charge >= 0.3 is 0 Å². The van der Waals surface area contributed by atoms with Crippen LogP contribution < -0.4 is 0 Å². The van der Waals surface area contributed by atoms with Crippen LogP contribution in [0.5, 0.6) is 0 Å². The van der Waals surface area contributed by atoms with Crippen molar-refractivity contribution in [2.24, 2.45) is 0 Å². The first-order valence-corrected chi connectivity index (χ1v) is 12.3. The van der Waals surface area contributed by atoms with Crippen molar-refractivity contribution < 1.29 is 0 Å². The van der Waals surface area contributed by atoms with Crippen LogP contribution in [0.1, 0.15) is 33.4 Å². The van der Waals surface area contributed by atoms with E-state index in [4.69, 9.17) is 0 Å². The molecule has 0 saturated carbocycles. The Morgan fingerprint density at radius 2 is 0.943 bits per heavy atom. The third-order valence-corrected chi connectivity index (χ3v) is 6.39. The number of rotatable bonds is 4. The molecule has 0 heterocycles. The smallest absolute Gasteiger partial charge is 0.00231 e. The van der Waals surface area contributed by atoms with E-state index >= 15 is 0 Å². The highest BCUT2D eigenvalue weighted by molar-refractivity contribution is 5.83. The van der Waals surface area contributed by atoms with Gasteiger partial charge in [0, 0.05) is 0 Å². The Labute approximate surface area is 210 Å². The molecule has 0 aliphatic carbocycles. The zero-order chi connectivity index (χ0) is 24.6. The molecule has 0 fully saturated rings. The minimum atomic E-state index is 1.04. The van der Waals surface area contributed by atoms with Gasteiger partial charge in [-0.3, -0.25) is 0 Å². The molecule has 0 atom stereocenters. The standard InChI is InChI=1S/C20H18.C15H16/c1-15-7-11-17(12-8-15)19-5-3-4-6-20(19)18-13-9-16(2)10-14-18;1-12-6-5-8-14(10-12)11-15-9-4-3-7-13(15)2/h3-14H,1-2H3;3-10H,11H2,1-2H3. The van der Waals surface area contributed by atoms with Gasteiger partial charge in [-0.25, -0.2) is 0 Å². The minimum absolute atomic E-state index is 1.04. The highest BCUT2D eigenvalue weighted by Gasteiger charge is 2.06. The fourth-order valence-corrected chi connectivity index (χ4v) is 4.30. The second-order valence-electron chi connectivity index (χ2n) is 9.37. The summed E-state index contributed by atoms with van der Waals surface area (Å²) in [5.74, 6) is 0. The van der Waals surface area contributed by atoms with Crippen LogP contribution >= 0.6 is 0 Å². The van der Waals surface area contributed by atoms with Crippen LogP contribution in [0, 0.1) is 27.7 Å². The van der Waals surface area contributed by atoms with E-state index in [1.165, 1.54) is 55.6 Å². The minimum Gasteiger partial charge on any atom is -0.0620 e. The Kier molecular flexibility index (Phi) is 7.95. The first-order valence-electron chi connectivity index (χ1n) is 12.3. The largest absolute Gasteiger partial charge is 0.0620 e. The molecule has 0 saturated heterocycles. The van der Waals surface area contributed by atoms with Crippen molar-refractivity contribution in [2.45, 2.75) is 34.1 Å². The van der Waals surface area contributed by atoms with Gasteiger partial charge in [0.1, 0.15) is 0 Å². The second-order valence-corrected chi connectivity index (χ2v) is 9.37. The Morgan fingerprint density at radius 1 is 0.429 bits per heavy atom.